The van der Waals surface area contributed by atoms with E-state index in [2.05, 4.69) is 15.2 Å². The van der Waals surface area contributed by atoms with Gasteiger partial charge in [0.05, 0.1) is 12.8 Å². The maximum Gasteiger partial charge on any atom is 0.145 e. The van der Waals surface area contributed by atoms with Crippen LogP contribution in [0.5, 0.6) is 0 Å². The monoisotopic (exact) mass is 241 g/mol. The van der Waals surface area contributed by atoms with E-state index < -0.39 is 0 Å². The van der Waals surface area contributed by atoms with E-state index in [1.807, 2.05) is 7.05 Å². The smallest absolute Gasteiger partial charge is 0.145 e. The van der Waals surface area contributed by atoms with E-state index in [4.69, 9.17) is 4.74 Å². The zero-order valence-corrected chi connectivity index (χ0v) is 10.4. The van der Waals surface area contributed by atoms with Crippen molar-refractivity contribution in [3.8, 4) is 0 Å². The summed E-state index contributed by atoms with van der Waals surface area (Å²) >= 11 is 0. The van der Waals surface area contributed by atoms with E-state index in [1.54, 1.807) is 19.4 Å². The zero-order chi connectivity index (χ0) is 12.5. The summed E-state index contributed by atoms with van der Waals surface area (Å²) in [6, 6.07) is 1.71. The Morgan fingerprint density at radius 3 is 3.00 bits per heavy atom. The number of methoxy groups -OCH3 is 1. The van der Waals surface area contributed by atoms with Crippen molar-refractivity contribution < 1.29 is 9.13 Å². The van der Waals surface area contributed by atoms with Crippen LogP contribution in [0.25, 0.3) is 0 Å². The molecule has 0 amide bonds. The Morgan fingerprint density at radius 1 is 1.47 bits per heavy atom. The molecule has 0 bridgehead atoms. The fraction of sp³-hybridized carbons (Fsp3) is 0.583. The molecule has 1 heterocycles. The molecule has 1 N–H and O–H groups in total. The second-order valence-electron chi connectivity index (χ2n) is 3.95. The maximum absolute atomic E-state index is 13.3. The van der Waals surface area contributed by atoms with Crippen molar-refractivity contribution in [1.29, 1.82) is 0 Å². The van der Waals surface area contributed by atoms with Crippen LogP contribution in [0, 0.1) is 5.82 Å². The van der Waals surface area contributed by atoms with Gasteiger partial charge < -0.3 is 15.0 Å². The quantitative estimate of drug-likeness (QED) is 0.686. The Bertz CT molecular complexity index is 322. The minimum atomic E-state index is -0.244. The van der Waals surface area contributed by atoms with Gasteiger partial charge in [0.2, 0.25) is 0 Å². The van der Waals surface area contributed by atoms with E-state index in [0.29, 0.717) is 18.7 Å². The highest BCUT2D eigenvalue weighted by Crippen LogP contribution is 2.06. The molecule has 0 saturated carbocycles. The normalized spacial score (nSPS) is 11.1. The largest absolute Gasteiger partial charge is 0.383 e. The first-order chi connectivity index (χ1) is 8.24. The van der Waals surface area contributed by atoms with Gasteiger partial charge in [-0.2, -0.15) is 0 Å². The van der Waals surface area contributed by atoms with Gasteiger partial charge in [0.25, 0.3) is 0 Å². The lowest BCUT2D eigenvalue weighted by Gasteiger charge is -2.17. The van der Waals surface area contributed by atoms with Gasteiger partial charge in [-0.1, -0.05) is 0 Å². The molecule has 0 saturated heterocycles. The van der Waals surface area contributed by atoms with Crippen molar-refractivity contribution in [3.63, 3.8) is 0 Å². The zero-order valence-electron chi connectivity index (χ0n) is 10.4. The van der Waals surface area contributed by atoms with Crippen LogP contribution in [0.1, 0.15) is 5.56 Å². The van der Waals surface area contributed by atoms with E-state index in [0.717, 1.165) is 19.6 Å². The molecule has 0 aliphatic rings. The standard InChI is InChI=1S/C12H20FN3O/c1-16(7-5-14-6-8-17-2)10-11-3-4-15-9-12(11)13/h3-4,9,14H,5-8,10H2,1-2H3. The summed E-state index contributed by atoms with van der Waals surface area (Å²) in [7, 11) is 3.65. The molecular formula is C12H20FN3O. The molecular weight excluding hydrogens is 221 g/mol. The van der Waals surface area contributed by atoms with E-state index >= 15 is 0 Å². The highest BCUT2D eigenvalue weighted by Gasteiger charge is 2.04. The molecule has 1 rings (SSSR count). The topological polar surface area (TPSA) is 37.4 Å². The van der Waals surface area contributed by atoms with E-state index in [-0.39, 0.29) is 5.82 Å². The number of rotatable bonds is 8. The van der Waals surface area contributed by atoms with Crippen molar-refractivity contribution in [1.82, 2.24) is 15.2 Å². The second kappa shape index (κ2) is 8.11. The van der Waals surface area contributed by atoms with Crippen molar-refractivity contribution >= 4 is 0 Å². The van der Waals surface area contributed by atoms with Gasteiger partial charge in [0.1, 0.15) is 5.82 Å². The third-order valence-electron chi connectivity index (χ3n) is 2.45. The predicted octanol–water partition coefficient (Wildman–Crippen LogP) is 0.888. The number of hydrogen-bond donors (Lipinski definition) is 1. The molecule has 17 heavy (non-hydrogen) atoms. The maximum atomic E-state index is 13.3. The molecule has 0 aliphatic heterocycles. The van der Waals surface area contributed by atoms with Crippen molar-refractivity contribution in [3.05, 3.63) is 29.8 Å². The van der Waals surface area contributed by atoms with Crippen LogP contribution in [0.15, 0.2) is 18.5 Å². The molecule has 0 radical (unpaired) electrons. The second-order valence-corrected chi connectivity index (χ2v) is 3.95. The first kappa shape index (κ1) is 14.0. The number of ether oxygens (including phenoxy) is 1. The SMILES string of the molecule is COCCNCCN(C)Cc1ccncc1F. The molecule has 0 atom stereocenters. The summed E-state index contributed by atoms with van der Waals surface area (Å²) in [5.41, 5.74) is 0.680. The summed E-state index contributed by atoms with van der Waals surface area (Å²) in [6.45, 7) is 3.88. The van der Waals surface area contributed by atoms with Crippen molar-refractivity contribution in [2.45, 2.75) is 6.54 Å². The number of likely N-dealkylation sites (N-methyl/N-ethyl adjacent to an activating group) is 1. The van der Waals surface area contributed by atoms with Crippen molar-refractivity contribution in [2.75, 3.05) is 40.4 Å². The fourth-order valence-electron chi connectivity index (χ4n) is 1.47. The summed E-state index contributed by atoms with van der Waals surface area (Å²) in [4.78, 5) is 5.80. The van der Waals surface area contributed by atoms with Gasteiger partial charge in [-0.25, -0.2) is 4.39 Å². The van der Waals surface area contributed by atoms with Gasteiger partial charge in [-0.15, -0.1) is 0 Å². The minimum absolute atomic E-state index is 0.244. The molecule has 96 valence electrons. The first-order valence-corrected chi connectivity index (χ1v) is 5.70. The lowest BCUT2D eigenvalue weighted by Crippen LogP contribution is -2.30. The summed E-state index contributed by atoms with van der Waals surface area (Å²) < 4.78 is 18.2. The number of halogens is 1. The number of nitrogens with one attached hydrogen (secondary N) is 1. The lowest BCUT2D eigenvalue weighted by molar-refractivity contribution is 0.197. The Labute approximate surface area is 102 Å². The average molecular weight is 241 g/mol. The van der Waals surface area contributed by atoms with Crippen LogP contribution in [-0.4, -0.2) is 50.3 Å². The number of nitrogens with zero attached hydrogens (tertiary/aromatic N) is 2. The van der Waals surface area contributed by atoms with Gasteiger partial charge in [-0.3, -0.25) is 4.98 Å². The van der Waals surface area contributed by atoms with E-state index in [9.17, 15) is 4.39 Å². The molecule has 1 aromatic rings. The molecule has 0 unspecified atom stereocenters. The van der Waals surface area contributed by atoms with E-state index in [1.165, 1.54) is 6.20 Å². The molecule has 0 aromatic carbocycles. The van der Waals surface area contributed by atoms with Gasteiger partial charge in [0, 0.05) is 45.0 Å². The van der Waals surface area contributed by atoms with Crippen LogP contribution >= 0.6 is 0 Å². The molecule has 5 heteroatoms. The average Bonchev–Trinajstić information content (AvgIpc) is 2.32. The fourth-order valence-corrected chi connectivity index (χ4v) is 1.47. The third kappa shape index (κ3) is 5.72. The van der Waals surface area contributed by atoms with Gasteiger partial charge >= 0.3 is 0 Å². The van der Waals surface area contributed by atoms with Crippen LogP contribution < -0.4 is 5.32 Å². The highest BCUT2D eigenvalue weighted by atomic mass is 19.1. The molecule has 1 aromatic heterocycles. The Kier molecular flexibility index (Phi) is 6.69. The number of hydrogen-bond acceptors (Lipinski definition) is 4. The van der Waals surface area contributed by atoms with Crippen LogP contribution in [-0.2, 0) is 11.3 Å². The minimum Gasteiger partial charge on any atom is -0.383 e. The van der Waals surface area contributed by atoms with Crippen LogP contribution in [0.2, 0.25) is 0 Å². The van der Waals surface area contributed by atoms with Crippen molar-refractivity contribution in [2.24, 2.45) is 0 Å². The van der Waals surface area contributed by atoms with Gasteiger partial charge in [0.15, 0.2) is 0 Å². The van der Waals surface area contributed by atoms with Crippen LogP contribution in [0.3, 0.4) is 0 Å². The lowest BCUT2D eigenvalue weighted by atomic mass is 10.2. The Balaban J connectivity index is 2.21. The molecule has 0 spiro atoms. The van der Waals surface area contributed by atoms with Gasteiger partial charge in [-0.05, 0) is 13.1 Å². The first-order valence-electron chi connectivity index (χ1n) is 5.70. The number of aromatic nitrogens is 1. The predicted molar refractivity (Wildman–Crippen MR) is 65.3 cm³/mol. The third-order valence-corrected chi connectivity index (χ3v) is 2.45. The summed E-state index contributed by atoms with van der Waals surface area (Å²) in [5, 5.41) is 3.24. The molecule has 0 fully saturated rings. The summed E-state index contributed by atoms with van der Waals surface area (Å²) in [5.74, 6) is -0.244. The Morgan fingerprint density at radius 2 is 2.29 bits per heavy atom. The number of pyridine rings is 1. The molecule has 0 aliphatic carbocycles. The highest BCUT2D eigenvalue weighted by molar-refractivity contribution is 5.12. The Hall–Kier alpha value is -1.04. The summed E-state index contributed by atoms with van der Waals surface area (Å²) in [6.07, 6.45) is 2.86. The molecule has 4 nitrogen and oxygen atoms in total. The van der Waals surface area contributed by atoms with Crippen LogP contribution in [0.4, 0.5) is 4.39 Å².